The van der Waals surface area contributed by atoms with Gasteiger partial charge in [-0.2, -0.15) is 0 Å². The SMILES string of the molecule is CC(C)CCCNC(=O)N(C)C1CCCC(C)C1. The lowest BCUT2D eigenvalue weighted by Gasteiger charge is -2.34. The molecule has 1 rings (SSSR count). The zero-order valence-corrected chi connectivity index (χ0v) is 12.5. The minimum atomic E-state index is 0.109. The molecule has 1 N–H and O–H groups in total. The van der Waals surface area contributed by atoms with E-state index in [9.17, 15) is 4.79 Å². The minimum absolute atomic E-state index is 0.109. The highest BCUT2D eigenvalue weighted by Crippen LogP contribution is 2.26. The van der Waals surface area contributed by atoms with Gasteiger partial charge in [-0.3, -0.25) is 0 Å². The summed E-state index contributed by atoms with van der Waals surface area (Å²) in [6.45, 7) is 7.54. The molecule has 1 aliphatic carbocycles. The van der Waals surface area contributed by atoms with Gasteiger partial charge in [0.05, 0.1) is 0 Å². The van der Waals surface area contributed by atoms with E-state index in [2.05, 4.69) is 26.1 Å². The Morgan fingerprint density at radius 2 is 2.11 bits per heavy atom. The van der Waals surface area contributed by atoms with Crippen LogP contribution in [-0.4, -0.2) is 30.6 Å². The zero-order chi connectivity index (χ0) is 13.5. The number of hydrogen-bond donors (Lipinski definition) is 1. The van der Waals surface area contributed by atoms with Crippen molar-refractivity contribution in [1.29, 1.82) is 0 Å². The van der Waals surface area contributed by atoms with Gasteiger partial charge in [0.2, 0.25) is 0 Å². The molecular formula is C15H30N2O. The highest BCUT2D eigenvalue weighted by atomic mass is 16.2. The van der Waals surface area contributed by atoms with Gasteiger partial charge in [-0.25, -0.2) is 4.79 Å². The molecule has 3 heteroatoms. The maximum absolute atomic E-state index is 12.0. The van der Waals surface area contributed by atoms with E-state index >= 15 is 0 Å². The largest absolute Gasteiger partial charge is 0.338 e. The molecule has 1 fully saturated rings. The Bertz CT molecular complexity index is 253. The van der Waals surface area contributed by atoms with Crippen molar-refractivity contribution < 1.29 is 4.79 Å². The van der Waals surface area contributed by atoms with Crippen molar-refractivity contribution >= 4 is 6.03 Å². The summed E-state index contributed by atoms with van der Waals surface area (Å²) in [7, 11) is 1.94. The fourth-order valence-electron chi connectivity index (χ4n) is 2.75. The second-order valence-electron chi connectivity index (χ2n) is 6.30. The predicted octanol–water partition coefficient (Wildman–Crippen LogP) is 3.64. The lowest BCUT2D eigenvalue weighted by Crippen LogP contribution is -2.45. The van der Waals surface area contributed by atoms with Crippen molar-refractivity contribution in [2.24, 2.45) is 11.8 Å². The highest BCUT2D eigenvalue weighted by molar-refractivity contribution is 5.74. The van der Waals surface area contributed by atoms with Gasteiger partial charge in [0.25, 0.3) is 0 Å². The van der Waals surface area contributed by atoms with Crippen LogP contribution < -0.4 is 5.32 Å². The number of amides is 2. The number of nitrogens with zero attached hydrogens (tertiary/aromatic N) is 1. The molecule has 0 aromatic rings. The molecule has 0 bridgehead atoms. The molecule has 3 nitrogen and oxygen atoms in total. The summed E-state index contributed by atoms with van der Waals surface area (Å²) in [5.74, 6) is 1.48. The van der Waals surface area contributed by atoms with Gasteiger partial charge in [0.15, 0.2) is 0 Å². The molecule has 0 aliphatic heterocycles. The van der Waals surface area contributed by atoms with Gasteiger partial charge < -0.3 is 10.2 Å². The van der Waals surface area contributed by atoms with Crippen LogP contribution >= 0.6 is 0 Å². The molecule has 0 aromatic carbocycles. The summed E-state index contributed by atoms with van der Waals surface area (Å²) >= 11 is 0. The first kappa shape index (κ1) is 15.3. The lowest BCUT2D eigenvalue weighted by molar-refractivity contribution is 0.160. The van der Waals surface area contributed by atoms with Crippen molar-refractivity contribution in [2.45, 2.75) is 65.3 Å². The Labute approximate surface area is 112 Å². The molecule has 106 valence electrons. The highest BCUT2D eigenvalue weighted by Gasteiger charge is 2.24. The van der Waals surface area contributed by atoms with Crippen LogP contribution in [-0.2, 0) is 0 Å². The molecule has 0 saturated heterocycles. The average Bonchev–Trinajstić information content (AvgIpc) is 2.33. The van der Waals surface area contributed by atoms with Crippen molar-refractivity contribution in [3.63, 3.8) is 0 Å². The van der Waals surface area contributed by atoms with Crippen LogP contribution in [0.15, 0.2) is 0 Å². The summed E-state index contributed by atoms with van der Waals surface area (Å²) in [5, 5.41) is 3.04. The monoisotopic (exact) mass is 254 g/mol. The van der Waals surface area contributed by atoms with E-state index in [1.807, 2.05) is 11.9 Å². The molecule has 18 heavy (non-hydrogen) atoms. The maximum atomic E-state index is 12.0. The Balaban J connectivity index is 2.23. The zero-order valence-electron chi connectivity index (χ0n) is 12.5. The van der Waals surface area contributed by atoms with Crippen LogP contribution in [0.25, 0.3) is 0 Å². The van der Waals surface area contributed by atoms with Crippen molar-refractivity contribution in [2.75, 3.05) is 13.6 Å². The third-order valence-corrected chi connectivity index (χ3v) is 4.01. The first-order valence-corrected chi connectivity index (χ1v) is 7.51. The smallest absolute Gasteiger partial charge is 0.317 e. The standard InChI is InChI=1S/C15H30N2O/c1-12(2)7-6-10-16-15(18)17(4)14-9-5-8-13(3)11-14/h12-14H,5-11H2,1-4H3,(H,16,18). The van der Waals surface area contributed by atoms with Crippen LogP contribution in [0.5, 0.6) is 0 Å². The molecule has 0 spiro atoms. The number of rotatable bonds is 5. The summed E-state index contributed by atoms with van der Waals surface area (Å²) in [5.41, 5.74) is 0. The average molecular weight is 254 g/mol. The third-order valence-electron chi connectivity index (χ3n) is 4.01. The minimum Gasteiger partial charge on any atom is -0.338 e. The van der Waals surface area contributed by atoms with Crippen molar-refractivity contribution in [3.8, 4) is 0 Å². The van der Waals surface area contributed by atoms with Crippen LogP contribution in [0.4, 0.5) is 4.79 Å². The Kier molecular flexibility index (Phi) is 6.51. The molecule has 1 aliphatic rings. The van der Waals surface area contributed by atoms with E-state index in [-0.39, 0.29) is 6.03 Å². The number of hydrogen-bond acceptors (Lipinski definition) is 1. The molecule has 0 aromatic heterocycles. The van der Waals surface area contributed by atoms with Gasteiger partial charge in [0.1, 0.15) is 0 Å². The predicted molar refractivity (Wildman–Crippen MR) is 76.7 cm³/mol. The van der Waals surface area contributed by atoms with Gasteiger partial charge in [-0.05, 0) is 37.5 Å². The second kappa shape index (κ2) is 7.65. The molecule has 0 heterocycles. The van der Waals surface area contributed by atoms with Crippen molar-refractivity contribution in [3.05, 3.63) is 0 Å². The van der Waals surface area contributed by atoms with E-state index in [1.165, 1.54) is 25.7 Å². The number of urea groups is 1. The number of carbonyl (C=O) groups is 1. The Morgan fingerprint density at radius 1 is 1.39 bits per heavy atom. The van der Waals surface area contributed by atoms with E-state index in [0.717, 1.165) is 31.2 Å². The molecule has 2 unspecified atom stereocenters. The normalized spacial score (nSPS) is 24.1. The fraction of sp³-hybridized carbons (Fsp3) is 0.933. The van der Waals surface area contributed by atoms with E-state index in [1.54, 1.807) is 0 Å². The Morgan fingerprint density at radius 3 is 2.72 bits per heavy atom. The van der Waals surface area contributed by atoms with Gasteiger partial charge in [-0.15, -0.1) is 0 Å². The third kappa shape index (κ3) is 5.28. The summed E-state index contributed by atoms with van der Waals surface area (Å²) in [4.78, 5) is 13.9. The van der Waals surface area contributed by atoms with Gasteiger partial charge in [0, 0.05) is 19.6 Å². The summed E-state index contributed by atoms with van der Waals surface area (Å²) in [6, 6.07) is 0.553. The quantitative estimate of drug-likeness (QED) is 0.746. The van der Waals surface area contributed by atoms with Crippen LogP contribution in [0, 0.1) is 11.8 Å². The first-order chi connectivity index (χ1) is 8.50. The van der Waals surface area contributed by atoms with Crippen LogP contribution in [0.2, 0.25) is 0 Å². The van der Waals surface area contributed by atoms with Crippen LogP contribution in [0.3, 0.4) is 0 Å². The van der Waals surface area contributed by atoms with Gasteiger partial charge >= 0.3 is 6.03 Å². The molecule has 2 atom stereocenters. The molecule has 1 saturated carbocycles. The van der Waals surface area contributed by atoms with Crippen LogP contribution in [0.1, 0.15) is 59.3 Å². The Hall–Kier alpha value is -0.730. The fourth-order valence-corrected chi connectivity index (χ4v) is 2.75. The van der Waals surface area contributed by atoms with Crippen molar-refractivity contribution in [1.82, 2.24) is 10.2 Å². The molecule has 2 amide bonds. The van der Waals surface area contributed by atoms with E-state index < -0.39 is 0 Å². The second-order valence-corrected chi connectivity index (χ2v) is 6.30. The topological polar surface area (TPSA) is 32.3 Å². The van der Waals surface area contributed by atoms with E-state index in [0.29, 0.717) is 6.04 Å². The maximum Gasteiger partial charge on any atom is 0.317 e. The van der Waals surface area contributed by atoms with E-state index in [4.69, 9.17) is 0 Å². The number of carbonyl (C=O) groups excluding carboxylic acids is 1. The lowest BCUT2D eigenvalue weighted by atomic mass is 9.86. The summed E-state index contributed by atoms with van der Waals surface area (Å²) < 4.78 is 0. The summed E-state index contributed by atoms with van der Waals surface area (Å²) in [6.07, 6.45) is 7.18. The number of nitrogens with one attached hydrogen (secondary N) is 1. The first-order valence-electron chi connectivity index (χ1n) is 7.51. The molecular weight excluding hydrogens is 224 g/mol. The molecule has 0 radical (unpaired) electrons. The van der Waals surface area contributed by atoms with Gasteiger partial charge in [-0.1, -0.05) is 33.6 Å².